The highest BCUT2D eigenvalue weighted by molar-refractivity contribution is 5.92. The van der Waals surface area contributed by atoms with Gasteiger partial charge in [-0.25, -0.2) is 0 Å². The van der Waals surface area contributed by atoms with Gasteiger partial charge in [0.25, 0.3) is 0 Å². The molecule has 1 saturated heterocycles. The van der Waals surface area contributed by atoms with Gasteiger partial charge >= 0.3 is 0 Å². The van der Waals surface area contributed by atoms with Gasteiger partial charge in [-0.1, -0.05) is 26.0 Å². The third-order valence-corrected chi connectivity index (χ3v) is 4.18. The van der Waals surface area contributed by atoms with Crippen LogP contribution < -0.4 is 10.6 Å². The van der Waals surface area contributed by atoms with Gasteiger partial charge in [-0.3, -0.25) is 9.69 Å². The first-order valence-electron chi connectivity index (χ1n) is 8.02. The second-order valence-corrected chi connectivity index (χ2v) is 5.86. The van der Waals surface area contributed by atoms with Crippen molar-refractivity contribution in [2.45, 2.75) is 32.6 Å². The Morgan fingerprint density at radius 1 is 1.29 bits per heavy atom. The minimum Gasteiger partial charge on any atom is -0.325 e. The standard InChI is InChI=1S/C17H27N3O/c1-3-14(2)15-5-7-16(8-6-15)19-17(21)13-20-11-4-9-18-10-12-20/h5-8,14,18H,3-4,9-13H2,1-2H3,(H,19,21). The molecule has 0 saturated carbocycles. The van der Waals surface area contributed by atoms with E-state index in [9.17, 15) is 4.79 Å². The zero-order chi connectivity index (χ0) is 15.1. The van der Waals surface area contributed by atoms with E-state index in [1.807, 2.05) is 12.1 Å². The van der Waals surface area contributed by atoms with Crippen LogP contribution in [0.4, 0.5) is 5.69 Å². The molecule has 2 rings (SSSR count). The summed E-state index contributed by atoms with van der Waals surface area (Å²) in [4.78, 5) is 14.3. The second-order valence-electron chi connectivity index (χ2n) is 5.86. The first-order chi connectivity index (χ1) is 10.2. The van der Waals surface area contributed by atoms with Crippen LogP contribution in [0.1, 0.15) is 38.2 Å². The SMILES string of the molecule is CCC(C)c1ccc(NC(=O)CN2CCCNCC2)cc1. The normalized spacial score (nSPS) is 18.0. The molecule has 0 bridgehead atoms. The molecule has 0 radical (unpaired) electrons. The van der Waals surface area contributed by atoms with Crippen molar-refractivity contribution in [1.29, 1.82) is 0 Å². The molecule has 116 valence electrons. The Labute approximate surface area is 127 Å². The van der Waals surface area contributed by atoms with Crippen molar-refractivity contribution in [3.05, 3.63) is 29.8 Å². The fourth-order valence-electron chi connectivity index (χ4n) is 2.59. The Bertz CT molecular complexity index is 436. The molecule has 1 atom stereocenters. The maximum absolute atomic E-state index is 12.1. The fourth-order valence-corrected chi connectivity index (χ4v) is 2.59. The van der Waals surface area contributed by atoms with E-state index in [0.717, 1.165) is 44.7 Å². The smallest absolute Gasteiger partial charge is 0.238 e. The van der Waals surface area contributed by atoms with Gasteiger partial charge in [-0.2, -0.15) is 0 Å². The number of rotatable bonds is 5. The number of amides is 1. The van der Waals surface area contributed by atoms with Crippen molar-refractivity contribution in [2.75, 3.05) is 38.0 Å². The van der Waals surface area contributed by atoms with Crippen molar-refractivity contribution in [1.82, 2.24) is 10.2 Å². The van der Waals surface area contributed by atoms with E-state index in [2.05, 4.69) is 41.5 Å². The van der Waals surface area contributed by atoms with E-state index >= 15 is 0 Å². The Morgan fingerprint density at radius 2 is 2.05 bits per heavy atom. The molecule has 21 heavy (non-hydrogen) atoms. The molecule has 0 aliphatic carbocycles. The average Bonchev–Trinajstić information content (AvgIpc) is 2.75. The molecule has 1 aromatic carbocycles. The third kappa shape index (κ3) is 5.14. The van der Waals surface area contributed by atoms with Crippen LogP contribution in [0.2, 0.25) is 0 Å². The number of nitrogens with one attached hydrogen (secondary N) is 2. The molecule has 1 heterocycles. The van der Waals surface area contributed by atoms with Crippen LogP contribution in [-0.2, 0) is 4.79 Å². The monoisotopic (exact) mass is 289 g/mol. The molecular formula is C17H27N3O. The lowest BCUT2D eigenvalue weighted by molar-refractivity contribution is -0.117. The zero-order valence-corrected chi connectivity index (χ0v) is 13.2. The Kier molecular flexibility index (Phi) is 6.21. The molecule has 0 spiro atoms. The van der Waals surface area contributed by atoms with Gasteiger partial charge in [0.2, 0.25) is 5.91 Å². The lowest BCUT2D eigenvalue weighted by Gasteiger charge is -2.18. The van der Waals surface area contributed by atoms with E-state index in [-0.39, 0.29) is 5.91 Å². The van der Waals surface area contributed by atoms with Crippen LogP contribution in [0.25, 0.3) is 0 Å². The number of benzene rings is 1. The number of carbonyl (C=O) groups is 1. The highest BCUT2D eigenvalue weighted by atomic mass is 16.2. The molecule has 1 unspecified atom stereocenters. The van der Waals surface area contributed by atoms with E-state index in [1.54, 1.807) is 0 Å². The first-order valence-corrected chi connectivity index (χ1v) is 8.02. The molecule has 1 fully saturated rings. The highest BCUT2D eigenvalue weighted by Crippen LogP contribution is 2.20. The third-order valence-electron chi connectivity index (χ3n) is 4.18. The van der Waals surface area contributed by atoms with Crippen LogP contribution in [0.3, 0.4) is 0 Å². The largest absolute Gasteiger partial charge is 0.325 e. The van der Waals surface area contributed by atoms with Gasteiger partial charge in [0.15, 0.2) is 0 Å². The van der Waals surface area contributed by atoms with E-state index in [4.69, 9.17) is 0 Å². The summed E-state index contributed by atoms with van der Waals surface area (Å²) in [6.07, 6.45) is 2.24. The maximum Gasteiger partial charge on any atom is 0.238 e. The lowest BCUT2D eigenvalue weighted by Crippen LogP contribution is -2.35. The fraction of sp³-hybridized carbons (Fsp3) is 0.588. The summed E-state index contributed by atoms with van der Waals surface area (Å²) >= 11 is 0. The molecule has 1 amide bonds. The van der Waals surface area contributed by atoms with Crippen LogP contribution in [0.5, 0.6) is 0 Å². The summed E-state index contributed by atoms with van der Waals surface area (Å²) in [6, 6.07) is 8.23. The van der Waals surface area contributed by atoms with E-state index < -0.39 is 0 Å². The number of anilines is 1. The van der Waals surface area contributed by atoms with Gasteiger partial charge < -0.3 is 10.6 Å². The molecule has 1 aliphatic heterocycles. The number of carbonyl (C=O) groups excluding carboxylic acids is 1. The average molecular weight is 289 g/mol. The van der Waals surface area contributed by atoms with Gasteiger partial charge in [0, 0.05) is 18.8 Å². The Hall–Kier alpha value is -1.39. The van der Waals surface area contributed by atoms with Gasteiger partial charge in [-0.15, -0.1) is 0 Å². The van der Waals surface area contributed by atoms with Crippen molar-refractivity contribution in [2.24, 2.45) is 0 Å². The summed E-state index contributed by atoms with van der Waals surface area (Å²) in [5, 5.41) is 6.34. The molecule has 2 N–H and O–H groups in total. The summed E-state index contributed by atoms with van der Waals surface area (Å²) in [7, 11) is 0. The number of hydrogen-bond donors (Lipinski definition) is 2. The van der Waals surface area contributed by atoms with Gasteiger partial charge in [-0.05, 0) is 49.5 Å². The predicted molar refractivity (Wildman–Crippen MR) is 87.7 cm³/mol. The van der Waals surface area contributed by atoms with Crippen LogP contribution in [0, 0.1) is 0 Å². The van der Waals surface area contributed by atoms with Crippen LogP contribution >= 0.6 is 0 Å². The van der Waals surface area contributed by atoms with Crippen molar-refractivity contribution in [3.8, 4) is 0 Å². The Morgan fingerprint density at radius 3 is 2.76 bits per heavy atom. The minimum atomic E-state index is 0.0770. The van der Waals surface area contributed by atoms with E-state index in [1.165, 1.54) is 5.56 Å². The number of hydrogen-bond acceptors (Lipinski definition) is 3. The van der Waals surface area contributed by atoms with Crippen molar-refractivity contribution >= 4 is 11.6 Å². The molecule has 0 aromatic heterocycles. The highest BCUT2D eigenvalue weighted by Gasteiger charge is 2.12. The summed E-state index contributed by atoms with van der Waals surface area (Å²) in [5.41, 5.74) is 2.22. The van der Waals surface area contributed by atoms with Crippen molar-refractivity contribution < 1.29 is 4.79 Å². The second kappa shape index (κ2) is 8.15. The van der Waals surface area contributed by atoms with Gasteiger partial charge in [0.1, 0.15) is 0 Å². The maximum atomic E-state index is 12.1. The predicted octanol–water partition coefficient (Wildman–Crippen LogP) is 2.43. The summed E-state index contributed by atoms with van der Waals surface area (Å²) in [6.45, 7) is 8.85. The first kappa shape index (κ1) is 16.0. The zero-order valence-electron chi connectivity index (χ0n) is 13.2. The van der Waals surface area contributed by atoms with Crippen LogP contribution in [-0.4, -0.2) is 43.5 Å². The van der Waals surface area contributed by atoms with Crippen molar-refractivity contribution in [3.63, 3.8) is 0 Å². The molecular weight excluding hydrogens is 262 g/mol. The van der Waals surface area contributed by atoms with Gasteiger partial charge in [0.05, 0.1) is 6.54 Å². The molecule has 1 aliphatic rings. The van der Waals surface area contributed by atoms with E-state index in [0.29, 0.717) is 12.5 Å². The number of nitrogens with zero attached hydrogens (tertiary/aromatic N) is 1. The lowest BCUT2D eigenvalue weighted by atomic mass is 9.99. The summed E-state index contributed by atoms with van der Waals surface area (Å²) < 4.78 is 0. The quantitative estimate of drug-likeness (QED) is 0.875. The topological polar surface area (TPSA) is 44.4 Å². The summed E-state index contributed by atoms with van der Waals surface area (Å²) in [5.74, 6) is 0.646. The minimum absolute atomic E-state index is 0.0770. The molecule has 4 heteroatoms. The molecule has 4 nitrogen and oxygen atoms in total. The molecule has 1 aromatic rings. The Balaban J connectivity index is 1.84. The van der Waals surface area contributed by atoms with Crippen LogP contribution in [0.15, 0.2) is 24.3 Å².